The van der Waals surface area contributed by atoms with Crippen molar-refractivity contribution in [2.24, 2.45) is 0 Å². The highest BCUT2D eigenvalue weighted by Gasteiger charge is 2.17. The van der Waals surface area contributed by atoms with Crippen molar-refractivity contribution < 1.29 is 8.42 Å². The van der Waals surface area contributed by atoms with Gasteiger partial charge >= 0.3 is 0 Å². The summed E-state index contributed by atoms with van der Waals surface area (Å²) in [6.07, 6.45) is 0. The van der Waals surface area contributed by atoms with Gasteiger partial charge in [0.2, 0.25) is 10.0 Å². The number of hydrogen-bond donors (Lipinski definition) is 2. The molecular weight excluding hydrogens is 288 g/mol. The van der Waals surface area contributed by atoms with E-state index in [4.69, 9.17) is 5.73 Å². The first-order valence-corrected chi connectivity index (χ1v) is 8.63. The first-order chi connectivity index (χ1) is 9.88. The lowest BCUT2D eigenvalue weighted by Crippen LogP contribution is -2.46. The topological polar surface area (TPSA) is 78.7 Å². The molecule has 0 unspecified atom stereocenters. The zero-order valence-electron chi connectivity index (χ0n) is 12.7. The standard InChI is InChI=1S/C14H24N4O2S/c1-12-11-13(3-4-14(12)15)21(19,20)16-5-6-18-9-7-17(2)8-10-18/h3-4,11,16H,5-10,15H2,1-2H3. The minimum Gasteiger partial charge on any atom is -0.399 e. The van der Waals surface area contributed by atoms with Gasteiger partial charge in [-0.25, -0.2) is 13.1 Å². The molecule has 1 saturated heterocycles. The van der Waals surface area contributed by atoms with Crippen molar-refractivity contribution in [3.8, 4) is 0 Å². The fourth-order valence-corrected chi connectivity index (χ4v) is 3.41. The van der Waals surface area contributed by atoms with E-state index in [-0.39, 0.29) is 4.90 Å². The Bertz CT molecular complexity index is 581. The van der Waals surface area contributed by atoms with E-state index in [0.29, 0.717) is 12.2 Å². The maximum Gasteiger partial charge on any atom is 0.240 e. The zero-order chi connectivity index (χ0) is 15.5. The number of nitrogens with two attached hydrogens (primary N) is 1. The first-order valence-electron chi connectivity index (χ1n) is 7.15. The first kappa shape index (κ1) is 16.2. The van der Waals surface area contributed by atoms with Crippen LogP contribution in [0.5, 0.6) is 0 Å². The average Bonchev–Trinajstić information content (AvgIpc) is 2.44. The number of hydrogen-bond acceptors (Lipinski definition) is 5. The van der Waals surface area contributed by atoms with Crippen LogP contribution in [0.1, 0.15) is 5.56 Å². The van der Waals surface area contributed by atoms with E-state index >= 15 is 0 Å². The fourth-order valence-electron chi connectivity index (χ4n) is 2.31. The molecule has 1 fully saturated rings. The third kappa shape index (κ3) is 4.41. The molecule has 0 aliphatic carbocycles. The van der Waals surface area contributed by atoms with Crippen LogP contribution in [0.2, 0.25) is 0 Å². The third-order valence-corrected chi connectivity index (χ3v) is 5.33. The molecule has 2 rings (SSSR count). The molecule has 0 aromatic heterocycles. The highest BCUT2D eigenvalue weighted by Crippen LogP contribution is 2.16. The lowest BCUT2D eigenvalue weighted by atomic mass is 10.2. The molecule has 0 radical (unpaired) electrons. The van der Waals surface area contributed by atoms with Crippen molar-refractivity contribution in [1.29, 1.82) is 0 Å². The Morgan fingerprint density at radius 2 is 1.90 bits per heavy atom. The Hall–Kier alpha value is -1.15. The largest absolute Gasteiger partial charge is 0.399 e. The second-order valence-electron chi connectivity index (χ2n) is 5.56. The summed E-state index contributed by atoms with van der Waals surface area (Å²) in [5.74, 6) is 0. The van der Waals surface area contributed by atoms with Gasteiger partial charge in [-0.2, -0.15) is 0 Å². The number of rotatable bonds is 5. The molecule has 6 nitrogen and oxygen atoms in total. The molecule has 0 amide bonds. The SMILES string of the molecule is Cc1cc(S(=O)(=O)NCCN2CCN(C)CC2)ccc1N. The fraction of sp³-hybridized carbons (Fsp3) is 0.571. The maximum atomic E-state index is 12.2. The van der Waals surface area contributed by atoms with Crippen LogP contribution in [-0.4, -0.2) is 64.5 Å². The van der Waals surface area contributed by atoms with Crippen LogP contribution in [0, 0.1) is 6.92 Å². The van der Waals surface area contributed by atoms with Crippen LogP contribution in [0.3, 0.4) is 0 Å². The van der Waals surface area contributed by atoms with E-state index in [1.807, 2.05) is 0 Å². The molecule has 1 aromatic rings. The Labute approximate surface area is 127 Å². The minimum absolute atomic E-state index is 0.271. The molecular formula is C14H24N4O2S. The highest BCUT2D eigenvalue weighted by atomic mass is 32.2. The van der Waals surface area contributed by atoms with E-state index in [0.717, 1.165) is 38.3 Å². The van der Waals surface area contributed by atoms with E-state index < -0.39 is 10.0 Å². The maximum absolute atomic E-state index is 12.2. The van der Waals surface area contributed by atoms with Crippen LogP contribution in [0.15, 0.2) is 23.1 Å². The van der Waals surface area contributed by atoms with Crippen LogP contribution in [0.4, 0.5) is 5.69 Å². The second-order valence-corrected chi connectivity index (χ2v) is 7.33. The number of aryl methyl sites for hydroxylation is 1. The Kier molecular flexibility index (Phi) is 5.21. The molecule has 1 aromatic carbocycles. The highest BCUT2D eigenvalue weighted by molar-refractivity contribution is 7.89. The summed E-state index contributed by atoms with van der Waals surface area (Å²) < 4.78 is 27.1. The van der Waals surface area contributed by atoms with Gasteiger partial charge in [-0.05, 0) is 37.7 Å². The summed E-state index contributed by atoms with van der Waals surface area (Å²) in [5.41, 5.74) is 7.09. The number of nitrogens with one attached hydrogen (secondary N) is 1. The van der Waals surface area contributed by atoms with Gasteiger partial charge < -0.3 is 10.6 Å². The number of likely N-dealkylation sites (N-methyl/N-ethyl adjacent to an activating group) is 1. The Balaban J connectivity index is 1.88. The summed E-state index contributed by atoms with van der Waals surface area (Å²) >= 11 is 0. The van der Waals surface area contributed by atoms with E-state index in [1.165, 1.54) is 0 Å². The van der Waals surface area contributed by atoms with Gasteiger partial charge in [0.15, 0.2) is 0 Å². The van der Waals surface area contributed by atoms with Crippen molar-refractivity contribution in [1.82, 2.24) is 14.5 Å². The minimum atomic E-state index is -3.45. The number of benzene rings is 1. The molecule has 0 bridgehead atoms. The van der Waals surface area contributed by atoms with Gasteiger partial charge in [-0.1, -0.05) is 0 Å². The van der Waals surface area contributed by atoms with E-state index in [9.17, 15) is 8.42 Å². The molecule has 0 saturated carbocycles. The van der Waals surface area contributed by atoms with Crippen molar-refractivity contribution in [2.75, 3.05) is 52.0 Å². The predicted molar refractivity (Wildman–Crippen MR) is 84.7 cm³/mol. The monoisotopic (exact) mass is 312 g/mol. The second kappa shape index (κ2) is 6.74. The van der Waals surface area contributed by atoms with E-state index in [1.54, 1.807) is 25.1 Å². The van der Waals surface area contributed by atoms with Crippen LogP contribution in [-0.2, 0) is 10.0 Å². The molecule has 1 heterocycles. The van der Waals surface area contributed by atoms with Gasteiger partial charge in [0.1, 0.15) is 0 Å². The van der Waals surface area contributed by atoms with Gasteiger partial charge in [-0.3, -0.25) is 4.90 Å². The quantitative estimate of drug-likeness (QED) is 0.754. The van der Waals surface area contributed by atoms with Crippen molar-refractivity contribution in [3.05, 3.63) is 23.8 Å². The summed E-state index contributed by atoms with van der Waals surface area (Å²) in [7, 11) is -1.35. The summed E-state index contributed by atoms with van der Waals surface area (Å²) in [4.78, 5) is 4.82. The van der Waals surface area contributed by atoms with Crippen LogP contribution >= 0.6 is 0 Å². The van der Waals surface area contributed by atoms with Gasteiger partial charge in [0.05, 0.1) is 4.90 Å². The Morgan fingerprint density at radius 3 is 2.52 bits per heavy atom. The number of piperazine rings is 1. The molecule has 118 valence electrons. The van der Waals surface area contributed by atoms with E-state index in [2.05, 4.69) is 21.6 Å². The molecule has 0 atom stereocenters. The number of sulfonamides is 1. The molecule has 21 heavy (non-hydrogen) atoms. The Morgan fingerprint density at radius 1 is 1.24 bits per heavy atom. The van der Waals surface area contributed by atoms with Crippen LogP contribution in [0.25, 0.3) is 0 Å². The van der Waals surface area contributed by atoms with Crippen molar-refractivity contribution in [2.45, 2.75) is 11.8 Å². The summed E-state index contributed by atoms with van der Waals surface area (Å²) in [5, 5.41) is 0. The number of nitrogen functional groups attached to an aromatic ring is 1. The van der Waals surface area contributed by atoms with Crippen molar-refractivity contribution >= 4 is 15.7 Å². The lowest BCUT2D eigenvalue weighted by molar-refractivity contribution is 0.156. The van der Waals surface area contributed by atoms with Crippen LogP contribution < -0.4 is 10.5 Å². The molecule has 7 heteroatoms. The van der Waals surface area contributed by atoms with Gasteiger partial charge in [0.25, 0.3) is 0 Å². The summed E-state index contributed by atoms with van der Waals surface area (Å²) in [6, 6.07) is 4.78. The molecule has 1 aliphatic heterocycles. The van der Waals surface area contributed by atoms with Gasteiger partial charge in [0, 0.05) is 45.0 Å². The average molecular weight is 312 g/mol. The third-order valence-electron chi connectivity index (χ3n) is 3.87. The number of anilines is 1. The smallest absolute Gasteiger partial charge is 0.240 e. The zero-order valence-corrected chi connectivity index (χ0v) is 13.5. The molecule has 1 aliphatic rings. The van der Waals surface area contributed by atoms with Crippen molar-refractivity contribution in [3.63, 3.8) is 0 Å². The predicted octanol–water partition coefficient (Wildman–Crippen LogP) is 0.103. The van der Waals surface area contributed by atoms with Gasteiger partial charge in [-0.15, -0.1) is 0 Å². The molecule has 0 spiro atoms. The number of nitrogens with zero attached hydrogens (tertiary/aromatic N) is 2. The summed E-state index contributed by atoms with van der Waals surface area (Å²) in [6.45, 7) is 7.00. The lowest BCUT2D eigenvalue weighted by Gasteiger charge is -2.32. The molecule has 3 N–H and O–H groups in total. The normalized spacial score (nSPS) is 18.0.